The molecule has 0 bridgehead atoms. The maximum Gasteiger partial charge on any atom is 0.267 e. The fraction of sp³-hybridized carbons (Fsp3) is 0.221. The first-order chi connectivity index (χ1) is 58.4. The molecular weight excluding hydrogens is 1510 g/mol. The van der Waals surface area contributed by atoms with Crippen molar-refractivity contribution in [1.82, 2.24) is 75.0 Å². The number of hydrogen-bond acceptors (Lipinski definition) is 17. The van der Waals surface area contributed by atoms with Gasteiger partial charge in [0.25, 0.3) is 23.6 Å². The van der Waals surface area contributed by atoms with Crippen molar-refractivity contribution in [2.45, 2.75) is 105 Å². The van der Waals surface area contributed by atoms with Gasteiger partial charge in [-0.3, -0.25) is 50.0 Å². The summed E-state index contributed by atoms with van der Waals surface area (Å²) in [5, 5.41) is 43.8. The molecule has 9 N–H and O–H groups in total. The van der Waals surface area contributed by atoms with Crippen LogP contribution in [0.3, 0.4) is 0 Å². The molecule has 8 aromatic carbocycles. The van der Waals surface area contributed by atoms with Gasteiger partial charge >= 0.3 is 0 Å². The van der Waals surface area contributed by atoms with Crippen LogP contribution >= 0.6 is 0 Å². The second-order valence-electron chi connectivity index (χ2n) is 29.6. The standard InChI is InChI=1S/C25H24N4O2.C25H32N4O2.C24H22N4O2.C21H23N3O4/c30-25(28-31)14-11-20-9-12-23-22(18-20)27-24(13-10-19-6-2-1-3-7-19)29(23)17-15-21-8-4-5-16-26-21;1-25(2,17-28(3)4)18-29-22-13-10-20(12-15-24(30)27-31)16-21(22)26-23(29)14-11-19-8-6-5-7-9-19;29-24(27-30)14-11-19-9-12-22-21(16-19)26-23(13-10-18-6-2-1-3-7-18)28(22)17-20-8-4-5-15-25-20;25-12-4-11-24-19-9-7-16(8-10-21(26)23-27)13-18(19)22-20(24)15-28-14-17-5-2-1-3-6-17/h1-9,11-12,14,16,18,31H,10,13,15,17H2,(H,28,30);5-10,12-13,15-16,31H,11,14,17-18H2,1-4H3,(H,27,30);1-9,11-12,14-16,30H,10,13,17H2,(H,27,29);1-3,5-10,13,25,27H,4,11-12,14-15H2,(H,23,26)/b14-11+;15-12+;14-11+;10-8+. The fourth-order valence-corrected chi connectivity index (χ4v) is 14.1. The lowest BCUT2D eigenvalue weighted by Crippen LogP contribution is -2.32. The number of aliphatic hydroxyl groups excluding tert-OH is 1. The minimum Gasteiger partial charge on any atom is -0.396 e. The summed E-state index contributed by atoms with van der Waals surface area (Å²) in [7, 11) is 4.20. The molecule has 6 heterocycles. The number of imidazole rings is 4. The molecule has 0 atom stereocenters. The number of aromatic nitrogens is 10. The molecular formula is C95H101N15O10. The summed E-state index contributed by atoms with van der Waals surface area (Å²) in [4.78, 5) is 75.5. The summed E-state index contributed by atoms with van der Waals surface area (Å²) in [6, 6.07) is 76.6. The number of nitrogens with zero attached hydrogens (tertiary/aromatic N) is 11. The molecule has 0 aliphatic carbocycles. The normalized spacial score (nSPS) is 11.5. The number of carbonyl (C=O) groups excluding carboxylic acids is 4. The van der Waals surface area contributed by atoms with E-state index in [1.54, 1.807) is 52.4 Å². The Morgan fingerprint density at radius 1 is 0.392 bits per heavy atom. The van der Waals surface area contributed by atoms with E-state index in [-0.39, 0.29) is 12.0 Å². The number of benzene rings is 8. The number of amides is 4. The van der Waals surface area contributed by atoms with Gasteiger partial charge in [0.05, 0.1) is 63.0 Å². The minimum absolute atomic E-state index is 0.0798. The summed E-state index contributed by atoms with van der Waals surface area (Å²) >= 11 is 0. The van der Waals surface area contributed by atoms with Crippen molar-refractivity contribution >= 4 is 92.1 Å². The molecule has 0 fully saturated rings. The summed E-state index contributed by atoms with van der Waals surface area (Å²) in [5.74, 6) is 1.60. The van der Waals surface area contributed by atoms with E-state index in [4.69, 9.17) is 40.5 Å². The van der Waals surface area contributed by atoms with Gasteiger partial charge in [-0.1, -0.05) is 172 Å². The molecule has 14 aromatic rings. The maximum absolute atomic E-state index is 11.3. The van der Waals surface area contributed by atoms with Gasteiger partial charge in [-0.25, -0.2) is 41.9 Å². The highest BCUT2D eigenvalue weighted by atomic mass is 16.5. The SMILES string of the molecule is CN(C)CC(C)(C)Cn1c(CCc2ccccc2)nc2cc(/C=C/C(=O)NO)ccc21.O=C(/C=C/c1ccc2c(c1)nc(CCc1ccccc1)n2CCc1ccccn1)NO.O=C(/C=C/c1ccc2c(c1)nc(CCc1ccccc1)n2Cc1ccccn1)NO.O=C(/C=C/c1ccc2c(c1)nc(COCc1ccccc1)n2CCCO)NO. The van der Waals surface area contributed by atoms with Crippen LogP contribution in [-0.2, 0) is 108 Å². The monoisotopic (exact) mass is 1610 g/mol. The molecule has 14 rings (SSSR count). The Morgan fingerprint density at radius 3 is 1.12 bits per heavy atom. The van der Waals surface area contributed by atoms with Gasteiger partial charge in [0.15, 0.2) is 0 Å². The Kier molecular flexibility index (Phi) is 32.6. The van der Waals surface area contributed by atoms with E-state index in [0.717, 1.165) is 171 Å². The third-order valence-corrected chi connectivity index (χ3v) is 19.6. The number of carbonyl (C=O) groups is 4. The van der Waals surface area contributed by atoms with Crippen molar-refractivity contribution in [3.05, 3.63) is 346 Å². The maximum atomic E-state index is 11.3. The van der Waals surface area contributed by atoms with Crippen LogP contribution in [0.15, 0.2) is 267 Å². The van der Waals surface area contributed by atoms with Crippen LogP contribution in [0.4, 0.5) is 0 Å². The Hall–Kier alpha value is -13.5. The Morgan fingerprint density at radius 2 is 0.742 bits per heavy atom. The molecule has 0 saturated heterocycles. The highest BCUT2D eigenvalue weighted by Crippen LogP contribution is 2.29. The second-order valence-corrected chi connectivity index (χ2v) is 29.6. The number of fused-ring (bicyclic) bond motifs is 4. The average molecular weight is 1610 g/mol. The van der Waals surface area contributed by atoms with Gasteiger partial charge in [0.2, 0.25) is 0 Å². The summed E-state index contributed by atoms with van der Waals surface area (Å²) < 4.78 is 14.7. The van der Waals surface area contributed by atoms with E-state index < -0.39 is 23.6 Å². The van der Waals surface area contributed by atoms with Crippen molar-refractivity contribution in [3.8, 4) is 0 Å². The second kappa shape index (κ2) is 44.7. The fourth-order valence-electron chi connectivity index (χ4n) is 14.1. The number of hydroxylamine groups is 4. The Bertz CT molecular complexity index is 5770. The third kappa shape index (κ3) is 26.3. The molecule has 0 spiro atoms. The number of aryl methyl sites for hydroxylation is 9. The van der Waals surface area contributed by atoms with E-state index in [0.29, 0.717) is 32.7 Å². The van der Waals surface area contributed by atoms with E-state index >= 15 is 0 Å². The lowest BCUT2D eigenvalue weighted by atomic mass is 9.92. The van der Waals surface area contributed by atoms with Crippen LogP contribution in [0.5, 0.6) is 0 Å². The molecule has 616 valence electrons. The highest BCUT2D eigenvalue weighted by Gasteiger charge is 2.24. The van der Waals surface area contributed by atoms with Crippen LogP contribution in [0, 0.1) is 5.41 Å². The quantitative estimate of drug-likeness (QED) is 0.0105. The molecule has 0 aliphatic rings. The lowest BCUT2D eigenvalue weighted by Gasteiger charge is -2.29. The number of nitrogens with one attached hydrogen (secondary N) is 4. The lowest BCUT2D eigenvalue weighted by molar-refractivity contribution is -0.124. The van der Waals surface area contributed by atoms with E-state index in [2.05, 4.69) is 128 Å². The highest BCUT2D eigenvalue weighted by molar-refractivity contribution is 5.94. The molecule has 6 aromatic heterocycles. The number of rotatable bonds is 33. The zero-order valence-corrected chi connectivity index (χ0v) is 67.7. The zero-order chi connectivity index (χ0) is 84.4. The molecule has 0 aliphatic heterocycles. The minimum atomic E-state index is -0.594. The average Bonchev–Trinajstić information content (AvgIpc) is 1.67. The van der Waals surface area contributed by atoms with Crippen LogP contribution in [0.1, 0.15) is 99.5 Å². The number of hydrogen-bond donors (Lipinski definition) is 9. The molecule has 0 saturated carbocycles. The Labute approximate surface area is 696 Å². The van der Waals surface area contributed by atoms with E-state index in [1.807, 2.05) is 175 Å². The van der Waals surface area contributed by atoms with Crippen molar-refractivity contribution in [2.24, 2.45) is 5.41 Å². The topological polar surface area (TPSA) is 327 Å². The van der Waals surface area contributed by atoms with Gasteiger partial charge in [-0.15, -0.1) is 0 Å². The summed E-state index contributed by atoms with van der Waals surface area (Å²) in [5.41, 5.74) is 24.3. The molecule has 25 heteroatoms. The first-order valence-corrected chi connectivity index (χ1v) is 39.7. The van der Waals surface area contributed by atoms with Crippen LogP contribution in [0.2, 0.25) is 0 Å². The van der Waals surface area contributed by atoms with Gasteiger partial charge in [-0.2, -0.15) is 0 Å². The molecule has 120 heavy (non-hydrogen) atoms. The zero-order valence-electron chi connectivity index (χ0n) is 67.7. The van der Waals surface area contributed by atoms with Crippen molar-refractivity contribution in [3.63, 3.8) is 0 Å². The van der Waals surface area contributed by atoms with Crippen molar-refractivity contribution in [2.75, 3.05) is 27.2 Å². The summed E-state index contributed by atoms with van der Waals surface area (Å²) in [6.45, 7) is 9.43. The first-order valence-electron chi connectivity index (χ1n) is 39.7. The third-order valence-electron chi connectivity index (χ3n) is 19.6. The van der Waals surface area contributed by atoms with Crippen LogP contribution in [0.25, 0.3) is 68.4 Å². The molecule has 25 nitrogen and oxygen atoms in total. The molecule has 0 unspecified atom stereocenters. The number of aliphatic hydroxyl groups is 1. The van der Waals surface area contributed by atoms with Crippen LogP contribution in [-0.4, -0.2) is 130 Å². The largest absolute Gasteiger partial charge is 0.396 e. The molecule has 4 amide bonds. The molecule has 0 radical (unpaired) electrons. The van der Waals surface area contributed by atoms with Gasteiger partial charge in [0, 0.05) is 101 Å². The first kappa shape index (κ1) is 87.3. The van der Waals surface area contributed by atoms with Crippen LogP contribution < -0.4 is 21.9 Å². The number of pyridine rings is 2. The van der Waals surface area contributed by atoms with E-state index in [9.17, 15) is 24.3 Å². The van der Waals surface area contributed by atoms with Crippen molar-refractivity contribution in [1.29, 1.82) is 0 Å². The van der Waals surface area contributed by atoms with Gasteiger partial charge in [-0.05, 0) is 187 Å². The number of ether oxygens (including phenoxy) is 1. The Balaban J connectivity index is 0.000000157. The smallest absolute Gasteiger partial charge is 0.267 e. The predicted octanol–water partition coefficient (Wildman–Crippen LogP) is 14.3. The predicted molar refractivity (Wildman–Crippen MR) is 467 cm³/mol. The van der Waals surface area contributed by atoms with Gasteiger partial charge < -0.3 is 33.0 Å². The summed E-state index contributed by atoms with van der Waals surface area (Å²) in [6.07, 6.45) is 22.0. The van der Waals surface area contributed by atoms with Gasteiger partial charge in [0.1, 0.15) is 29.9 Å². The van der Waals surface area contributed by atoms with Crippen molar-refractivity contribution < 1.29 is 49.9 Å². The van der Waals surface area contributed by atoms with E-state index in [1.165, 1.54) is 41.0 Å².